The van der Waals surface area contributed by atoms with Gasteiger partial charge in [-0.3, -0.25) is 19.4 Å². The van der Waals surface area contributed by atoms with Crippen molar-refractivity contribution in [1.29, 1.82) is 0 Å². The maximum absolute atomic E-state index is 12.4. The molecule has 1 heterocycles. The maximum Gasteiger partial charge on any atom is 0.327 e. The Morgan fingerprint density at radius 1 is 1.04 bits per heavy atom. The molecular formula is C17H30N2O5. The number of nitrogens with zero attached hydrogens (tertiary/aromatic N) is 1. The first kappa shape index (κ1) is 20.4. The van der Waals surface area contributed by atoms with Crippen LogP contribution in [0.2, 0.25) is 0 Å². The molecule has 0 aromatic rings. The van der Waals surface area contributed by atoms with Crippen LogP contribution in [0.4, 0.5) is 0 Å². The molecule has 1 fully saturated rings. The van der Waals surface area contributed by atoms with Gasteiger partial charge in [-0.05, 0) is 47.5 Å². The van der Waals surface area contributed by atoms with E-state index in [-0.39, 0.29) is 18.4 Å². The van der Waals surface area contributed by atoms with Crippen LogP contribution in [0.1, 0.15) is 55.4 Å². The molecule has 0 radical (unpaired) electrons. The van der Waals surface area contributed by atoms with Gasteiger partial charge in [-0.1, -0.05) is 13.8 Å². The van der Waals surface area contributed by atoms with Crippen LogP contribution >= 0.6 is 0 Å². The van der Waals surface area contributed by atoms with Gasteiger partial charge >= 0.3 is 11.9 Å². The molecule has 1 amide bonds. The summed E-state index contributed by atoms with van der Waals surface area (Å²) in [7, 11) is 0. The number of hydrazine groups is 1. The van der Waals surface area contributed by atoms with Crippen molar-refractivity contribution < 1.29 is 23.9 Å². The van der Waals surface area contributed by atoms with E-state index in [1.807, 2.05) is 6.92 Å². The van der Waals surface area contributed by atoms with E-state index in [1.54, 1.807) is 48.5 Å². The molecule has 138 valence electrons. The number of ether oxygens (including phenoxy) is 2. The fourth-order valence-corrected chi connectivity index (χ4v) is 2.37. The molecule has 1 rings (SSSR count). The van der Waals surface area contributed by atoms with Gasteiger partial charge < -0.3 is 9.47 Å². The normalized spacial score (nSPS) is 25.4. The van der Waals surface area contributed by atoms with Gasteiger partial charge in [0.1, 0.15) is 23.8 Å². The van der Waals surface area contributed by atoms with Crippen LogP contribution in [0.15, 0.2) is 0 Å². The van der Waals surface area contributed by atoms with Crippen LogP contribution in [-0.4, -0.2) is 46.6 Å². The summed E-state index contributed by atoms with van der Waals surface area (Å²) in [4.78, 5) is 36.8. The molecule has 0 spiro atoms. The van der Waals surface area contributed by atoms with Gasteiger partial charge in [-0.2, -0.15) is 0 Å². The number of carbonyl (C=O) groups excluding carboxylic acids is 3. The second-order valence-electron chi connectivity index (χ2n) is 8.30. The molecule has 0 bridgehead atoms. The Bertz CT molecular complexity index is 504. The Morgan fingerprint density at radius 2 is 1.54 bits per heavy atom. The van der Waals surface area contributed by atoms with Gasteiger partial charge in [0.15, 0.2) is 0 Å². The second kappa shape index (κ2) is 7.09. The van der Waals surface area contributed by atoms with Crippen LogP contribution in [0.5, 0.6) is 0 Å². The van der Waals surface area contributed by atoms with Gasteiger partial charge in [0.05, 0.1) is 0 Å². The van der Waals surface area contributed by atoms with E-state index in [0.717, 1.165) is 5.01 Å². The second-order valence-corrected chi connectivity index (χ2v) is 8.30. The van der Waals surface area contributed by atoms with E-state index < -0.39 is 35.1 Å². The Kier molecular flexibility index (Phi) is 6.03. The zero-order valence-corrected chi connectivity index (χ0v) is 15.9. The van der Waals surface area contributed by atoms with Gasteiger partial charge in [0.2, 0.25) is 5.91 Å². The smallest absolute Gasteiger partial charge is 0.327 e. The van der Waals surface area contributed by atoms with Crippen molar-refractivity contribution in [2.24, 2.45) is 11.8 Å². The SMILES string of the molecule is C[C@H]1[C@@H](C)C(=O)N(CC(=O)OC(C)(C)C)N[C@H]1C(=O)OC(C)(C)C. The molecule has 0 unspecified atom stereocenters. The molecule has 0 aliphatic carbocycles. The zero-order valence-electron chi connectivity index (χ0n) is 15.9. The predicted octanol–water partition coefficient (Wildman–Crippen LogP) is 1.66. The molecule has 0 aromatic heterocycles. The summed E-state index contributed by atoms with van der Waals surface area (Å²) in [5.74, 6) is -1.88. The molecule has 7 heteroatoms. The van der Waals surface area contributed by atoms with Gasteiger partial charge in [-0.25, -0.2) is 5.43 Å². The zero-order chi connectivity index (χ0) is 18.9. The molecule has 24 heavy (non-hydrogen) atoms. The number of hydrogen-bond donors (Lipinski definition) is 1. The third-order valence-corrected chi connectivity index (χ3v) is 3.63. The Hall–Kier alpha value is -1.63. The lowest BCUT2D eigenvalue weighted by Gasteiger charge is -2.40. The molecule has 0 saturated carbocycles. The first-order valence-electron chi connectivity index (χ1n) is 8.23. The number of hydrogen-bond acceptors (Lipinski definition) is 6. The molecule has 0 aromatic carbocycles. The lowest BCUT2D eigenvalue weighted by Crippen LogP contribution is -2.63. The largest absolute Gasteiger partial charge is 0.459 e. The predicted molar refractivity (Wildman–Crippen MR) is 88.7 cm³/mol. The van der Waals surface area contributed by atoms with Crippen molar-refractivity contribution in [3.8, 4) is 0 Å². The summed E-state index contributed by atoms with van der Waals surface area (Å²) >= 11 is 0. The standard InChI is InChI=1S/C17H30N2O5/c1-10-11(2)14(21)19(9-12(20)23-16(3,4)5)18-13(10)15(22)24-17(6,7)8/h10-11,13,18H,9H2,1-8H3/t10-,11+,13+/m0/s1. The molecule has 1 saturated heterocycles. The highest BCUT2D eigenvalue weighted by molar-refractivity contribution is 5.87. The van der Waals surface area contributed by atoms with E-state index in [9.17, 15) is 14.4 Å². The van der Waals surface area contributed by atoms with Crippen molar-refractivity contribution in [1.82, 2.24) is 10.4 Å². The molecular weight excluding hydrogens is 312 g/mol. The number of amides is 1. The third-order valence-electron chi connectivity index (χ3n) is 3.63. The summed E-state index contributed by atoms with van der Waals surface area (Å²) in [6, 6.07) is -0.695. The van der Waals surface area contributed by atoms with Crippen LogP contribution in [0, 0.1) is 11.8 Å². The minimum Gasteiger partial charge on any atom is -0.459 e. The van der Waals surface area contributed by atoms with Gasteiger partial charge in [0.25, 0.3) is 0 Å². The van der Waals surface area contributed by atoms with Crippen LogP contribution in [-0.2, 0) is 23.9 Å². The van der Waals surface area contributed by atoms with Crippen LogP contribution in [0.25, 0.3) is 0 Å². The quantitative estimate of drug-likeness (QED) is 0.785. The monoisotopic (exact) mass is 342 g/mol. The number of carbonyl (C=O) groups is 3. The Balaban J connectivity index is 2.85. The van der Waals surface area contributed by atoms with Crippen LogP contribution < -0.4 is 5.43 Å². The summed E-state index contributed by atoms with van der Waals surface area (Å²) in [5.41, 5.74) is 1.57. The van der Waals surface area contributed by atoms with Crippen molar-refractivity contribution in [2.75, 3.05) is 6.54 Å². The first-order valence-corrected chi connectivity index (χ1v) is 8.23. The van der Waals surface area contributed by atoms with E-state index in [1.165, 1.54) is 0 Å². The number of rotatable bonds is 3. The Labute approximate surface area is 144 Å². The minimum absolute atomic E-state index is 0.242. The van der Waals surface area contributed by atoms with Crippen molar-refractivity contribution in [2.45, 2.75) is 72.6 Å². The van der Waals surface area contributed by atoms with Gasteiger partial charge in [-0.15, -0.1) is 0 Å². The van der Waals surface area contributed by atoms with Crippen molar-refractivity contribution in [3.05, 3.63) is 0 Å². The van der Waals surface area contributed by atoms with E-state index in [4.69, 9.17) is 9.47 Å². The minimum atomic E-state index is -0.695. The summed E-state index contributed by atoms with van der Waals surface area (Å²) in [5, 5.41) is 1.16. The summed E-state index contributed by atoms with van der Waals surface area (Å²) in [6.45, 7) is 13.9. The molecule has 1 aliphatic rings. The topological polar surface area (TPSA) is 84.9 Å². The fourth-order valence-electron chi connectivity index (χ4n) is 2.37. The summed E-state index contributed by atoms with van der Waals surface area (Å²) < 4.78 is 10.6. The highest BCUT2D eigenvalue weighted by Gasteiger charge is 2.43. The van der Waals surface area contributed by atoms with Crippen molar-refractivity contribution in [3.63, 3.8) is 0 Å². The highest BCUT2D eigenvalue weighted by atomic mass is 16.6. The lowest BCUT2D eigenvalue weighted by atomic mass is 9.86. The first-order chi connectivity index (χ1) is 10.7. The fraction of sp³-hybridized carbons (Fsp3) is 0.824. The lowest BCUT2D eigenvalue weighted by molar-refractivity contribution is -0.173. The highest BCUT2D eigenvalue weighted by Crippen LogP contribution is 2.25. The van der Waals surface area contributed by atoms with E-state index in [0.29, 0.717) is 0 Å². The molecule has 3 atom stereocenters. The number of nitrogens with one attached hydrogen (secondary N) is 1. The Morgan fingerprint density at radius 3 is 2.00 bits per heavy atom. The molecule has 7 nitrogen and oxygen atoms in total. The third kappa shape index (κ3) is 5.78. The molecule has 1 aliphatic heterocycles. The summed E-state index contributed by atoms with van der Waals surface area (Å²) in [6.07, 6.45) is 0. The van der Waals surface area contributed by atoms with Crippen molar-refractivity contribution >= 4 is 17.8 Å². The number of esters is 2. The van der Waals surface area contributed by atoms with Crippen LogP contribution in [0.3, 0.4) is 0 Å². The average Bonchev–Trinajstić information content (AvgIpc) is 2.35. The van der Waals surface area contributed by atoms with Gasteiger partial charge in [0, 0.05) is 5.92 Å². The van der Waals surface area contributed by atoms with E-state index >= 15 is 0 Å². The maximum atomic E-state index is 12.4. The average molecular weight is 342 g/mol. The van der Waals surface area contributed by atoms with E-state index in [2.05, 4.69) is 5.43 Å². The molecule has 1 N–H and O–H groups in total.